The Labute approximate surface area is 252 Å². The van der Waals surface area contributed by atoms with Crippen LogP contribution in [0.4, 0.5) is 5.69 Å². The standard InChI is InChI=1S/C33H31N3O6S/c1-5-41-32(40)28-20(2)34-33-36(29(28)23-12-14-25(15-13-23)35(3)4)30(37)27(43-33)18-21-8-16-26(17-9-21)42-19-22-6-10-24(11-7-22)31(38)39/h6-18,29H,5,19H2,1-4H3,(H,38,39)/b27-18+/t29-/m1/s1. The van der Waals surface area contributed by atoms with Gasteiger partial charge in [0.15, 0.2) is 4.80 Å². The number of thiazole rings is 1. The number of anilines is 1. The lowest BCUT2D eigenvalue weighted by molar-refractivity contribution is -0.139. The molecule has 0 saturated heterocycles. The van der Waals surface area contributed by atoms with Crippen molar-refractivity contribution in [2.24, 2.45) is 4.99 Å². The van der Waals surface area contributed by atoms with E-state index in [1.54, 1.807) is 48.8 Å². The van der Waals surface area contributed by atoms with Gasteiger partial charge in [-0.3, -0.25) is 9.36 Å². The number of aromatic carboxylic acids is 1. The number of carboxylic acid groups (broad SMARTS) is 1. The molecule has 1 N–H and O–H groups in total. The number of fused-ring (bicyclic) bond motifs is 1. The molecule has 5 rings (SSSR count). The summed E-state index contributed by atoms with van der Waals surface area (Å²) in [5, 5.41) is 9.05. The van der Waals surface area contributed by atoms with Crippen LogP contribution in [0.3, 0.4) is 0 Å². The Hall–Kier alpha value is -4.96. The number of rotatable bonds is 9. The molecule has 1 atom stereocenters. The van der Waals surface area contributed by atoms with Gasteiger partial charge < -0.3 is 19.5 Å². The normalized spacial score (nSPS) is 14.6. The number of allylic oxidation sites excluding steroid dienone is 1. The monoisotopic (exact) mass is 597 g/mol. The number of carbonyl (C=O) groups excluding carboxylic acids is 1. The minimum Gasteiger partial charge on any atom is -0.489 e. The molecule has 0 aliphatic carbocycles. The van der Waals surface area contributed by atoms with E-state index in [0.29, 0.717) is 26.4 Å². The number of carboxylic acids is 1. The van der Waals surface area contributed by atoms with Crippen LogP contribution in [0.25, 0.3) is 6.08 Å². The highest BCUT2D eigenvalue weighted by Crippen LogP contribution is 2.31. The predicted octanol–water partition coefficient (Wildman–Crippen LogP) is 4.14. The Morgan fingerprint density at radius 2 is 1.70 bits per heavy atom. The summed E-state index contributed by atoms with van der Waals surface area (Å²) in [6.45, 7) is 4.01. The average molecular weight is 598 g/mol. The fourth-order valence-electron chi connectivity index (χ4n) is 4.78. The van der Waals surface area contributed by atoms with Gasteiger partial charge in [0.05, 0.1) is 34.0 Å². The molecule has 0 amide bonds. The number of benzene rings is 3. The van der Waals surface area contributed by atoms with Gasteiger partial charge in [-0.2, -0.15) is 0 Å². The summed E-state index contributed by atoms with van der Waals surface area (Å²) in [6.07, 6.45) is 1.80. The first-order valence-electron chi connectivity index (χ1n) is 13.7. The van der Waals surface area contributed by atoms with E-state index in [2.05, 4.69) is 4.99 Å². The van der Waals surface area contributed by atoms with E-state index < -0.39 is 18.0 Å². The third-order valence-corrected chi connectivity index (χ3v) is 8.01. The Morgan fingerprint density at radius 1 is 1.02 bits per heavy atom. The van der Waals surface area contributed by atoms with E-state index in [0.717, 1.165) is 22.4 Å². The number of esters is 1. The SMILES string of the molecule is CCOC(=O)C1=C(C)N=c2s/c(=C/c3ccc(OCc4ccc(C(=O)O)cc4)cc3)c(=O)n2[C@@H]1c1ccc(N(C)C)cc1. The maximum atomic E-state index is 13.8. The largest absolute Gasteiger partial charge is 0.489 e. The third-order valence-electron chi connectivity index (χ3n) is 7.03. The molecule has 0 spiro atoms. The van der Waals surface area contributed by atoms with Crippen LogP contribution in [-0.4, -0.2) is 42.3 Å². The molecule has 3 aromatic carbocycles. The van der Waals surface area contributed by atoms with Gasteiger partial charge in [-0.1, -0.05) is 47.7 Å². The smallest absolute Gasteiger partial charge is 0.338 e. The molecule has 9 nitrogen and oxygen atoms in total. The van der Waals surface area contributed by atoms with Crippen molar-refractivity contribution in [3.63, 3.8) is 0 Å². The minimum atomic E-state index is -0.973. The number of ether oxygens (including phenoxy) is 2. The lowest BCUT2D eigenvalue weighted by atomic mass is 9.95. The molecule has 0 bridgehead atoms. The summed E-state index contributed by atoms with van der Waals surface area (Å²) in [7, 11) is 3.90. The summed E-state index contributed by atoms with van der Waals surface area (Å²) >= 11 is 1.27. The molecule has 43 heavy (non-hydrogen) atoms. The Balaban J connectivity index is 1.45. The lowest BCUT2D eigenvalue weighted by Crippen LogP contribution is -2.39. The van der Waals surface area contributed by atoms with Gasteiger partial charge >= 0.3 is 11.9 Å². The van der Waals surface area contributed by atoms with Gasteiger partial charge in [-0.25, -0.2) is 14.6 Å². The van der Waals surface area contributed by atoms with E-state index in [9.17, 15) is 14.4 Å². The van der Waals surface area contributed by atoms with Crippen LogP contribution in [0.2, 0.25) is 0 Å². The Bertz CT molecular complexity index is 1870. The highest BCUT2D eigenvalue weighted by atomic mass is 32.1. The first kappa shape index (κ1) is 29.5. The molecule has 0 fully saturated rings. The number of hydrogen-bond acceptors (Lipinski definition) is 8. The van der Waals surface area contributed by atoms with Crippen LogP contribution in [0, 0.1) is 0 Å². The zero-order valence-corrected chi connectivity index (χ0v) is 25.1. The summed E-state index contributed by atoms with van der Waals surface area (Å²) in [5.41, 5.74) is 4.27. The fourth-order valence-corrected chi connectivity index (χ4v) is 5.83. The molecular weight excluding hydrogens is 566 g/mol. The molecular formula is C33H31N3O6S. The van der Waals surface area contributed by atoms with Crippen molar-refractivity contribution in [3.8, 4) is 5.75 Å². The average Bonchev–Trinajstić information content (AvgIpc) is 3.30. The molecule has 0 saturated carbocycles. The van der Waals surface area contributed by atoms with E-state index in [4.69, 9.17) is 14.6 Å². The Kier molecular flexibility index (Phi) is 8.58. The summed E-state index contributed by atoms with van der Waals surface area (Å²) in [5.74, 6) is -0.829. The number of hydrogen-bond donors (Lipinski definition) is 1. The number of aromatic nitrogens is 1. The van der Waals surface area contributed by atoms with Crippen LogP contribution < -0.4 is 24.5 Å². The zero-order chi connectivity index (χ0) is 30.7. The van der Waals surface area contributed by atoms with Crippen molar-refractivity contribution in [2.75, 3.05) is 25.6 Å². The molecule has 0 radical (unpaired) electrons. The minimum absolute atomic E-state index is 0.211. The molecule has 4 aromatic rings. The van der Waals surface area contributed by atoms with Crippen molar-refractivity contribution >= 4 is 35.0 Å². The van der Waals surface area contributed by atoms with E-state index in [1.807, 2.05) is 67.5 Å². The topological polar surface area (TPSA) is 110 Å². The molecule has 220 valence electrons. The van der Waals surface area contributed by atoms with Gasteiger partial charge in [-0.15, -0.1) is 0 Å². The molecule has 2 heterocycles. The highest BCUT2D eigenvalue weighted by Gasteiger charge is 2.33. The second-order valence-corrected chi connectivity index (χ2v) is 11.2. The van der Waals surface area contributed by atoms with Crippen LogP contribution in [-0.2, 0) is 16.1 Å². The summed E-state index contributed by atoms with van der Waals surface area (Å²) in [4.78, 5) is 45.1. The van der Waals surface area contributed by atoms with Crippen molar-refractivity contribution in [1.29, 1.82) is 0 Å². The van der Waals surface area contributed by atoms with Crippen LogP contribution in [0.15, 0.2) is 93.9 Å². The highest BCUT2D eigenvalue weighted by molar-refractivity contribution is 7.07. The second kappa shape index (κ2) is 12.5. The quantitative estimate of drug-likeness (QED) is 0.289. The van der Waals surface area contributed by atoms with Gasteiger partial charge in [-0.05, 0) is 73.0 Å². The maximum absolute atomic E-state index is 13.8. The molecule has 1 aliphatic heterocycles. The van der Waals surface area contributed by atoms with Gasteiger partial charge in [0.25, 0.3) is 5.56 Å². The molecule has 1 aromatic heterocycles. The van der Waals surface area contributed by atoms with Gasteiger partial charge in [0, 0.05) is 19.8 Å². The molecule has 10 heteroatoms. The van der Waals surface area contributed by atoms with Crippen LogP contribution in [0.1, 0.15) is 46.9 Å². The maximum Gasteiger partial charge on any atom is 0.338 e. The van der Waals surface area contributed by atoms with E-state index in [-0.39, 0.29) is 24.3 Å². The molecule has 1 aliphatic rings. The molecule has 0 unspecified atom stereocenters. The number of carbonyl (C=O) groups is 2. The third kappa shape index (κ3) is 6.29. The first-order chi connectivity index (χ1) is 20.7. The predicted molar refractivity (Wildman–Crippen MR) is 165 cm³/mol. The van der Waals surface area contributed by atoms with Crippen molar-refractivity contribution in [3.05, 3.63) is 126 Å². The zero-order valence-electron chi connectivity index (χ0n) is 24.2. The second-order valence-electron chi connectivity index (χ2n) is 10.1. The Morgan fingerprint density at radius 3 is 2.30 bits per heavy atom. The fraction of sp³-hybridized carbons (Fsp3) is 0.212. The van der Waals surface area contributed by atoms with Crippen molar-refractivity contribution < 1.29 is 24.2 Å². The van der Waals surface area contributed by atoms with E-state index in [1.165, 1.54) is 11.3 Å². The van der Waals surface area contributed by atoms with Crippen LogP contribution in [0.5, 0.6) is 5.75 Å². The first-order valence-corrected chi connectivity index (χ1v) is 14.5. The number of nitrogens with zero attached hydrogens (tertiary/aromatic N) is 3. The van der Waals surface area contributed by atoms with Crippen LogP contribution >= 0.6 is 11.3 Å². The lowest BCUT2D eigenvalue weighted by Gasteiger charge is -2.25. The van der Waals surface area contributed by atoms with Crippen molar-refractivity contribution in [2.45, 2.75) is 26.5 Å². The summed E-state index contributed by atoms with van der Waals surface area (Å²) < 4.78 is 13.3. The summed E-state index contributed by atoms with van der Waals surface area (Å²) in [6, 6.07) is 20.9. The van der Waals surface area contributed by atoms with E-state index >= 15 is 0 Å². The van der Waals surface area contributed by atoms with Gasteiger partial charge in [0.2, 0.25) is 0 Å². The van der Waals surface area contributed by atoms with Crippen molar-refractivity contribution in [1.82, 2.24) is 4.57 Å². The van der Waals surface area contributed by atoms with Gasteiger partial charge in [0.1, 0.15) is 12.4 Å².